The summed E-state index contributed by atoms with van der Waals surface area (Å²) in [4.78, 5) is 49.2. The highest BCUT2D eigenvalue weighted by molar-refractivity contribution is 6.16. The Morgan fingerprint density at radius 3 is 2.58 bits per heavy atom. The van der Waals surface area contributed by atoms with Crippen molar-refractivity contribution in [3.63, 3.8) is 0 Å². The number of carboxylic acid groups (broad SMARTS) is 1. The van der Waals surface area contributed by atoms with Crippen molar-refractivity contribution < 1.29 is 38.1 Å². The Bertz CT molecular complexity index is 1450. The van der Waals surface area contributed by atoms with Crippen LogP contribution in [0.2, 0.25) is 0 Å². The van der Waals surface area contributed by atoms with Crippen LogP contribution >= 0.6 is 0 Å². The van der Waals surface area contributed by atoms with Crippen molar-refractivity contribution in [1.29, 1.82) is 0 Å². The number of nitrogens with one attached hydrogen (secondary N) is 2. The first-order chi connectivity index (χ1) is 18.2. The SMILES string of the molecule is COc1cc(/C=C2/NC(=O)N(CC(=O)Nc3ccccc3F)C2=O)ccc1OCc1cccc(C(=O)O)c1. The van der Waals surface area contributed by atoms with E-state index < -0.39 is 36.2 Å². The number of rotatable bonds is 9. The van der Waals surface area contributed by atoms with Crippen LogP contribution in [0.3, 0.4) is 0 Å². The average molecular weight is 519 g/mol. The molecule has 4 amide bonds. The summed E-state index contributed by atoms with van der Waals surface area (Å²) in [5.74, 6) is -2.43. The van der Waals surface area contributed by atoms with Crippen LogP contribution in [0.1, 0.15) is 21.5 Å². The number of nitrogens with zero attached hydrogens (tertiary/aromatic N) is 1. The maximum atomic E-state index is 13.8. The Hall–Kier alpha value is -5.19. The third kappa shape index (κ3) is 5.95. The second-order valence-corrected chi connectivity index (χ2v) is 8.11. The van der Waals surface area contributed by atoms with Crippen LogP contribution in [0.4, 0.5) is 14.9 Å². The van der Waals surface area contributed by atoms with E-state index in [1.807, 2.05) is 0 Å². The fourth-order valence-electron chi connectivity index (χ4n) is 3.63. The Balaban J connectivity index is 1.43. The summed E-state index contributed by atoms with van der Waals surface area (Å²) in [5, 5.41) is 13.9. The largest absolute Gasteiger partial charge is 0.493 e. The van der Waals surface area contributed by atoms with E-state index in [4.69, 9.17) is 14.6 Å². The highest BCUT2D eigenvalue weighted by Gasteiger charge is 2.35. The van der Waals surface area contributed by atoms with E-state index in [-0.39, 0.29) is 23.6 Å². The normalized spacial score (nSPS) is 13.8. The van der Waals surface area contributed by atoms with E-state index in [1.165, 1.54) is 49.6 Å². The van der Waals surface area contributed by atoms with Gasteiger partial charge >= 0.3 is 12.0 Å². The molecule has 1 fully saturated rings. The number of ether oxygens (including phenoxy) is 2. The summed E-state index contributed by atoms with van der Waals surface area (Å²) in [6.07, 6.45) is 1.41. The lowest BCUT2D eigenvalue weighted by molar-refractivity contribution is -0.127. The van der Waals surface area contributed by atoms with Gasteiger partial charge in [-0.05, 0) is 53.6 Å². The summed E-state index contributed by atoms with van der Waals surface area (Å²) in [5.41, 5.74) is 1.17. The monoisotopic (exact) mass is 519 g/mol. The molecule has 0 aliphatic carbocycles. The van der Waals surface area contributed by atoms with Gasteiger partial charge in [-0.1, -0.05) is 30.3 Å². The van der Waals surface area contributed by atoms with Crippen LogP contribution in [-0.2, 0) is 16.2 Å². The number of carbonyl (C=O) groups excluding carboxylic acids is 3. The van der Waals surface area contributed by atoms with Crippen molar-refractivity contribution in [2.24, 2.45) is 0 Å². The number of carboxylic acids is 1. The molecule has 1 heterocycles. The van der Waals surface area contributed by atoms with Gasteiger partial charge in [-0.2, -0.15) is 0 Å². The minimum atomic E-state index is -1.04. The Morgan fingerprint density at radius 2 is 1.84 bits per heavy atom. The van der Waals surface area contributed by atoms with Gasteiger partial charge in [0.2, 0.25) is 5.91 Å². The summed E-state index contributed by atoms with van der Waals surface area (Å²) in [7, 11) is 1.43. The number of hydrogen-bond acceptors (Lipinski definition) is 6. The Labute approximate surface area is 216 Å². The van der Waals surface area contributed by atoms with Gasteiger partial charge in [0, 0.05) is 0 Å². The number of amides is 4. The molecule has 1 aliphatic rings. The van der Waals surface area contributed by atoms with Crippen LogP contribution in [0.5, 0.6) is 11.5 Å². The molecule has 3 aromatic carbocycles. The molecule has 10 nitrogen and oxygen atoms in total. The Kier molecular flexibility index (Phi) is 7.66. The van der Waals surface area contributed by atoms with E-state index in [0.29, 0.717) is 27.5 Å². The fraction of sp³-hybridized carbons (Fsp3) is 0.111. The molecule has 4 rings (SSSR count). The minimum Gasteiger partial charge on any atom is -0.493 e. The van der Waals surface area contributed by atoms with Gasteiger partial charge in [-0.3, -0.25) is 9.59 Å². The smallest absolute Gasteiger partial charge is 0.335 e. The van der Waals surface area contributed by atoms with E-state index in [1.54, 1.807) is 30.3 Å². The number of benzene rings is 3. The third-order valence-corrected chi connectivity index (χ3v) is 5.48. The van der Waals surface area contributed by atoms with Crippen LogP contribution < -0.4 is 20.1 Å². The first-order valence-corrected chi connectivity index (χ1v) is 11.3. The van der Waals surface area contributed by atoms with Gasteiger partial charge in [0.15, 0.2) is 11.5 Å². The molecule has 0 spiro atoms. The van der Waals surface area contributed by atoms with Gasteiger partial charge in [0.05, 0.1) is 18.4 Å². The molecule has 194 valence electrons. The number of para-hydroxylation sites is 1. The first-order valence-electron chi connectivity index (χ1n) is 11.3. The van der Waals surface area contributed by atoms with E-state index in [0.717, 1.165) is 0 Å². The average Bonchev–Trinajstić information content (AvgIpc) is 3.16. The number of aromatic carboxylic acids is 1. The summed E-state index contributed by atoms with van der Waals surface area (Å²) >= 11 is 0. The number of carbonyl (C=O) groups is 4. The molecule has 38 heavy (non-hydrogen) atoms. The topological polar surface area (TPSA) is 134 Å². The fourth-order valence-corrected chi connectivity index (χ4v) is 3.63. The van der Waals surface area contributed by atoms with E-state index >= 15 is 0 Å². The summed E-state index contributed by atoms with van der Waals surface area (Å²) in [6, 6.07) is 15.9. The molecule has 3 aromatic rings. The molecule has 1 aliphatic heterocycles. The van der Waals surface area contributed by atoms with Gasteiger partial charge in [0.1, 0.15) is 24.7 Å². The van der Waals surface area contributed by atoms with Crippen LogP contribution in [0, 0.1) is 5.82 Å². The lowest BCUT2D eigenvalue weighted by atomic mass is 10.1. The molecule has 11 heteroatoms. The molecular formula is C27H22FN3O7. The zero-order chi connectivity index (χ0) is 27.2. The second-order valence-electron chi connectivity index (χ2n) is 8.11. The first kappa shape index (κ1) is 25.9. The number of halogens is 1. The maximum absolute atomic E-state index is 13.8. The van der Waals surface area contributed by atoms with Crippen molar-refractivity contribution in [3.05, 3.63) is 94.9 Å². The van der Waals surface area contributed by atoms with E-state index in [2.05, 4.69) is 10.6 Å². The molecular weight excluding hydrogens is 497 g/mol. The number of anilines is 1. The lowest BCUT2D eigenvalue weighted by Crippen LogP contribution is -2.38. The molecule has 0 radical (unpaired) electrons. The van der Waals surface area contributed by atoms with Gasteiger partial charge in [-0.25, -0.2) is 18.9 Å². The van der Waals surface area contributed by atoms with Crippen LogP contribution in [0.25, 0.3) is 6.08 Å². The quantitative estimate of drug-likeness (QED) is 0.290. The number of hydrogen-bond donors (Lipinski definition) is 3. The maximum Gasteiger partial charge on any atom is 0.335 e. The number of urea groups is 1. The molecule has 0 unspecified atom stereocenters. The van der Waals surface area contributed by atoms with Gasteiger partial charge in [0.25, 0.3) is 5.91 Å². The standard InChI is InChI=1S/C27H22FN3O7/c1-37-23-13-16(9-10-22(23)38-15-17-5-4-6-18(11-17)26(34)35)12-21-25(33)31(27(36)30-21)14-24(32)29-20-8-3-2-7-19(20)28/h2-13H,14-15H2,1H3,(H,29,32)(H,30,36)(H,34,35)/b21-12+. The number of methoxy groups -OCH3 is 1. The van der Waals surface area contributed by atoms with Crippen molar-refractivity contribution in [2.45, 2.75) is 6.61 Å². The van der Waals surface area contributed by atoms with Crippen molar-refractivity contribution in [1.82, 2.24) is 10.2 Å². The Morgan fingerprint density at radius 1 is 1.05 bits per heavy atom. The molecule has 0 aromatic heterocycles. The van der Waals surface area contributed by atoms with Crippen molar-refractivity contribution in [3.8, 4) is 11.5 Å². The summed E-state index contributed by atoms with van der Waals surface area (Å²) in [6.45, 7) is -0.508. The molecule has 0 saturated carbocycles. The predicted molar refractivity (Wildman–Crippen MR) is 134 cm³/mol. The van der Waals surface area contributed by atoms with Crippen LogP contribution in [-0.4, -0.2) is 47.5 Å². The molecule has 0 atom stereocenters. The van der Waals surface area contributed by atoms with Crippen LogP contribution in [0.15, 0.2) is 72.4 Å². The highest BCUT2D eigenvalue weighted by atomic mass is 19.1. The predicted octanol–water partition coefficient (Wildman–Crippen LogP) is 3.64. The van der Waals surface area contributed by atoms with Gasteiger partial charge < -0.3 is 25.2 Å². The van der Waals surface area contributed by atoms with Gasteiger partial charge in [-0.15, -0.1) is 0 Å². The van der Waals surface area contributed by atoms with Crippen molar-refractivity contribution >= 4 is 35.6 Å². The third-order valence-electron chi connectivity index (χ3n) is 5.48. The van der Waals surface area contributed by atoms with Crippen molar-refractivity contribution in [2.75, 3.05) is 19.0 Å². The zero-order valence-corrected chi connectivity index (χ0v) is 20.1. The zero-order valence-electron chi connectivity index (χ0n) is 20.1. The molecule has 0 bridgehead atoms. The lowest BCUT2D eigenvalue weighted by Gasteiger charge is -2.12. The molecule has 1 saturated heterocycles. The van der Waals surface area contributed by atoms with E-state index in [9.17, 15) is 23.6 Å². The minimum absolute atomic E-state index is 0.0603. The molecule has 3 N–H and O–H groups in total. The summed E-state index contributed by atoms with van der Waals surface area (Å²) < 4.78 is 24.9. The second kappa shape index (κ2) is 11.2. The number of imide groups is 1. The highest BCUT2D eigenvalue weighted by Crippen LogP contribution is 2.30.